The molecule has 1 unspecified atom stereocenters. The lowest BCUT2D eigenvalue weighted by Gasteiger charge is -2.15. The van der Waals surface area contributed by atoms with Crippen LogP contribution in [0.25, 0.3) is 0 Å². The SMILES string of the molecule is CC/C=C\C/C=C\C/C=C\CCCCCCOCC(CO)OC(=O)CCCCCCC/C=C\C/C=C\CCCC. The van der Waals surface area contributed by atoms with Gasteiger partial charge in [0, 0.05) is 13.0 Å². The summed E-state index contributed by atoms with van der Waals surface area (Å²) in [6, 6.07) is 0. The van der Waals surface area contributed by atoms with Crippen LogP contribution in [0.4, 0.5) is 0 Å². The van der Waals surface area contributed by atoms with Crippen LogP contribution >= 0.6 is 0 Å². The van der Waals surface area contributed by atoms with Crippen molar-refractivity contribution in [2.75, 3.05) is 19.8 Å². The van der Waals surface area contributed by atoms with Gasteiger partial charge in [-0.05, 0) is 70.6 Å². The summed E-state index contributed by atoms with van der Waals surface area (Å²) in [6.45, 7) is 5.11. The average Bonchev–Trinajstić information content (AvgIpc) is 2.96. The number of hydrogen-bond acceptors (Lipinski definition) is 4. The van der Waals surface area contributed by atoms with Gasteiger partial charge in [-0.2, -0.15) is 0 Å². The van der Waals surface area contributed by atoms with E-state index in [-0.39, 0.29) is 19.2 Å². The van der Waals surface area contributed by atoms with Crippen molar-refractivity contribution in [2.24, 2.45) is 0 Å². The number of ether oxygens (including phenoxy) is 2. The molecule has 0 amide bonds. The van der Waals surface area contributed by atoms with Gasteiger partial charge in [0.1, 0.15) is 6.10 Å². The fourth-order valence-electron chi connectivity index (χ4n) is 4.12. The molecule has 0 rings (SSSR count). The molecule has 0 aromatic carbocycles. The first-order valence-corrected chi connectivity index (χ1v) is 16.4. The third-order valence-electron chi connectivity index (χ3n) is 6.58. The molecule has 4 heteroatoms. The second kappa shape index (κ2) is 33.3. The van der Waals surface area contributed by atoms with Crippen molar-refractivity contribution in [3.8, 4) is 0 Å². The Labute approximate surface area is 247 Å². The predicted octanol–water partition coefficient (Wildman–Crippen LogP) is 10.1. The van der Waals surface area contributed by atoms with Gasteiger partial charge in [0.05, 0.1) is 13.2 Å². The van der Waals surface area contributed by atoms with Crippen molar-refractivity contribution in [1.82, 2.24) is 0 Å². The molecule has 0 aliphatic heterocycles. The molecule has 0 radical (unpaired) electrons. The van der Waals surface area contributed by atoms with Gasteiger partial charge < -0.3 is 14.6 Å². The molecule has 0 aliphatic carbocycles. The normalized spacial score (nSPS) is 13.2. The Balaban J connectivity index is 3.55. The Bertz CT molecular complexity index is 674. The van der Waals surface area contributed by atoms with Crippen LogP contribution in [0.2, 0.25) is 0 Å². The van der Waals surface area contributed by atoms with E-state index in [9.17, 15) is 9.90 Å². The maximum Gasteiger partial charge on any atom is 0.306 e. The summed E-state index contributed by atoms with van der Waals surface area (Å²) < 4.78 is 11.0. The molecule has 0 spiro atoms. The second-order valence-electron chi connectivity index (χ2n) is 10.5. The Hall–Kier alpha value is -1.91. The van der Waals surface area contributed by atoms with Gasteiger partial charge in [0.15, 0.2) is 0 Å². The number of unbranched alkanes of at least 4 members (excludes halogenated alkanes) is 11. The van der Waals surface area contributed by atoms with Gasteiger partial charge in [0.2, 0.25) is 0 Å². The molecule has 0 bridgehead atoms. The molecule has 0 fully saturated rings. The number of carbonyl (C=O) groups is 1. The van der Waals surface area contributed by atoms with Crippen LogP contribution in [-0.2, 0) is 14.3 Å². The predicted molar refractivity (Wildman–Crippen MR) is 173 cm³/mol. The number of aliphatic hydroxyl groups is 1. The summed E-state index contributed by atoms with van der Waals surface area (Å²) in [5.74, 6) is -0.227. The van der Waals surface area contributed by atoms with E-state index >= 15 is 0 Å². The zero-order valence-corrected chi connectivity index (χ0v) is 26.1. The van der Waals surface area contributed by atoms with Crippen molar-refractivity contribution >= 4 is 5.97 Å². The summed E-state index contributed by atoms with van der Waals surface area (Å²) in [5, 5.41) is 9.51. The lowest BCUT2D eigenvalue weighted by molar-refractivity contribution is -0.154. The number of esters is 1. The molecule has 0 aromatic rings. The third-order valence-corrected chi connectivity index (χ3v) is 6.58. The first-order chi connectivity index (χ1) is 19.7. The zero-order valence-electron chi connectivity index (χ0n) is 26.1. The fourth-order valence-corrected chi connectivity index (χ4v) is 4.12. The highest BCUT2D eigenvalue weighted by Gasteiger charge is 2.13. The summed E-state index contributed by atoms with van der Waals surface area (Å²) in [7, 11) is 0. The largest absolute Gasteiger partial charge is 0.457 e. The number of aliphatic hydroxyl groups excluding tert-OH is 1. The minimum Gasteiger partial charge on any atom is -0.457 e. The van der Waals surface area contributed by atoms with Gasteiger partial charge in [0.25, 0.3) is 0 Å². The number of allylic oxidation sites excluding steroid dienone is 10. The first-order valence-electron chi connectivity index (χ1n) is 16.4. The Morgan fingerprint density at radius 1 is 0.625 bits per heavy atom. The molecule has 1 atom stereocenters. The van der Waals surface area contributed by atoms with Gasteiger partial charge in [-0.25, -0.2) is 0 Å². The maximum absolute atomic E-state index is 12.1. The van der Waals surface area contributed by atoms with E-state index in [1.165, 1.54) is 44.9 Å². The minimum absolute atomic E-state index is 0.190. The van der Waals surface area contributed by atoms with Crippen molar-refractivity contribution in [1.29, 1.82) is 0 Å². The molecule has 0 aromatic heterocycles. The highest BCUT2D eigenvalue weighted by molar-refractivity contribution is 5.69. The average molecular weight is 559 g/mol. The first kappa shape index (κ1) is 38.1. The molecule has 230 valence electrons. The molecular weight excluding hydrogens is 496 g/mol. The summed E-state index contributed by atoms with van der Waals surface area (Å²) in [4.78, 5) is 12.1. The molecular formula is C36H62O4. The number of rotatable bonds is 29. The lowest BCUT2D eigenvalue weighted by Crippen LogP contribution is -2.27. The highest BCUT2D eigenvalue weighted by atomic mass is 16.6. The molecule has 0 aliphatic rings. The molecule has 4 nitrogen and oxygen atoms in total. The van der Waals surface area contributed by atoms with Gasteiger partial charge >= 0.3 is 5.97 Å². The lowest BCUT2D eigenvalue weighted by atomic mass is 10.1. The van der Waals surface area contributed by atoms with Gasteiger partial charge in [-0.15, -0.1) is 0 Å². The standard InChI is InChI=1S/C36H62O4/c1-3-5-7-9-11-13-15-17-19-21-23-25-27-29-31-36(38)40-35(33-37)34-39-32-30-28-26-24-22-20-18-16-14-12-10-8-6-4-2/h6,8-9,11-12,14-15,17-18,20,35,37H,3-5,7,10,13,16,19,21-34H2,1-2H3/b8-6-,11-9-,14-12-,17-15-,20-18-. The van der Waals surface area contributed by atoms with E-state index in [0.29, 0.717) is 13.0 Å². The van der Waals surface area contributed by atoms with Crippen LogP contribution in [0, 0.1) is 0 Å². The topological polar surface area (TPSA) is 55.8 Å². The van der Waals surface area contributed by atoms with Crippen LogP contribution in [0.1, 0.15) is 136 Å². The van der Waals surface area contributed by atoms with Gasteiger partial charge in [-0.1, -0.05) is 120 Å². The fraction of sp³-hybridized carbons (Fsp3) is 0.694. The maximum atomic E-state index is 12.1. The second-order valence-corrected chi connectivity index (χ2v) is 10.5. The molecule has 40 heavy (non-hydrogen) atoms. The minimum atomic E-state index is -0.553. The van der Waals surface area contributed by atoms with Crippen molar-refractivity contribution in [3.05, 3.63) is 60.8 Å². The summed E-state index contributed by atoms with van der Waals surface area (Å²) in [6.07, 6.45) is 42.5. The van der Waals surface area contributed by atoms with Crippen LogP contribution < -0.4 is 0 Å². The molecule has 1 N–H and O–H groups in total. The van der Waals surface area contributed by atoms with E-state index in [2.05, 4.69) is 74.6 Å². The number of carbonyl (C=O) groups excluding carboxylic acids is 1. The molecule has 0 saturated heterocycles. The number of hydrogen-bond donors (Lipinski definition) is 1. The van der Waals surface area contributed by atoms with Crippen LogP contribution in [-0.4, -0.2) is 37.0 Å². The Morgan fingerprint density at radius 2 is 1.12 bits per heavy atom. The summed E-state index contributed by atoms with van der Waals surface area (Å²) >= 11 is 0. The van der Waals surface area contributed by atoms with Crippen molar-refractivity contribution < 1.29 is 19.4 Å². The van der Waals surface area contributed by atoms with Crippen LogP contribution in [0.3, 0.4) is 0 Å². The Morgan fingerprint density at radius 3 is 1.70 bits per heavy atom. The molecule has 0 heterocycles. The molecule has 0 saturated carbocycles. The van der Waals surface area contributed by atoms with E-state index in [1.807, 2.05) is 0 Å². The quantitative estimate of drug-likeness (QED) is 0.0564. The monoisotopic (exact) mass is 558 g/mol. The van der Waals surface area contributed by atoms with Crippen LogP contribution in [0.15, 0.2) is 60.8 Å². The highest BCUT2D eigenvalue weighted by Crippen LogP contribution is 2.10. The summed E-state index contributed by atoms with van der Waals surface area (Å²) in [5.41, 5.74) is 0. The third kappa shape index (κ3) is 30.6. The van der Waals surface area contributed by atoms with E-state index in [4.69, 9.17) is 9.47 Å². The zero-order chi connectivity index (χ0) is 29.2. The van der Waals surface area contributed by atoms with Crippen LogP contribution in [0.5, 0.6) is 0 Å². The Kier molecular flexibility index (Phi) is 31.7. The van der Waals surface area contributed by atoms with Gasteiger partial charge in [-0.3, -0.25) is 4.79 Å². The van der Waals surface area contributed by atoms with Crippen molar-refractivity contribution in [2.45, 2.75) is 142 Å². The van der Waals surface area contributed by atoms with E-state index in [0.717, 1.165) is 70.6 Å². The smallest absolute Gasteiger partial charge is 0.306 e. The van der Waals surface area contributed by atoms with E-state index < -0.39 is 6.10 Å². The van der Waals surface area contributed by atoms with E-state index in [1.54, 1.807) is 0 Å². The van der Waals surface area contributed by atoms with Crippen molar-refractivity contribution in [3.63, 3.8) is 0 Å².